The Morgan fingerprint density at radius 2 is 1.18 bits per heavy atom. The van der Waals surface area contributed by atoms with Gasteiger partial charge in [0.1, 0.15) is 31.0 Å². The van der Waals surface area contributed by atoms with E-state index in [4.69, 9.17) is 4.42 Å². The number of H-pyrrole nitrogens is 1. The second kappa shape index (κ2) is 43.4. The third-order valence-corrected chi connectivity index (χ3v) is 8.56. The fourth-order valence-electron chi connectivity index (χ4n) is 4.52. The van der Waals surface area contributed by atoms with Crippen molar-refractivity contribution in [2.24, 2.45) is 35.2 Å². The van der Waals surface area contributed by atoms with Gasteiger partial charge in [0.05, 0.1) is 37.4 Å². The average Bonchev–Trinajstić information content (AvgIpc) is 4.27. The molecule has 1 N–H and O–H groups in total. The monoisotopic (exact) mass is 1060 g/mol. The molecule has 11 heterocycles. The number of hydrogen-bond acceptors (Lipinski definition) is 16. The molecule has 78 heavy (non-hydrogen) atoms. The van der Waals surface area contributed by atoms with Crippen LogP contribution in [0, 0.1) is 41.5 Å². The van der Waals surface area contributed by atoms with Crippen molar-refractivity contribution in [3.8, 4) is 0 Å². The molecule has 1 aliphatic heterocycles. The van der Waals surface area contributed by atoms with E-state index in [-0.39, 0.29) is 0 Å². The van der Waals surface area contributed by atoms with Crippen molar-refractivity contribution in [2.45, 2.75) is 48.5 Å². The van der Waals surface area contributed by atoms with Crippen molar-refractivity contribution < 1.29 is 8.94 Å². The molecular formula is C56H76N20O2. The summed E-state index contributed by atoms with van der Waals surface area (Å²) in [7, 11) is 11.4. The zero-order valence-corrected chi connectivity index (χ0v) is 47.2. The Morgan fingerprint density at radius 1 is 0.500 bits per heavy atom. The lowest BCUT2D eigenvalue weighted by Gasteiger charge is -2.18. The van der Waals surface area contributed by atoms with Crippen LogP contribution in [0.15, 0.2) is 237 Å². The first-order valence-electron chi connectivity index (χ1n) is 23.9. The number of nitrogens with one attached hydrogen (secondary N) is 1. The van der Waals surface area contributed by atoms with Crippen LogP contribution in [-0.2, 0) is 35.2 Å². The molecule has 0 atom stereocenters. The topological polar surface area (TPSA) is 238 Å². The molecule has 0 spiro atoms. The summed E-state index contributed by atoms with van der Waals surface area (Å²) in [6, 6.07) is 16.1. The fraction of sp³-hybridized carbons (Fsp3) is 0.232. The van der Waals surface area contributed by atoms with Crippen LogP contribution in [-0.4, -0.2) is 106 Å². The molecule has 0 fully saturated rings. The van der Waals surface area contributed by atoms with E-state index in [1.165, 1.54) is 41.3 Å². The van der Waals surface area contributed by atoms with Gasteiger partial charge in [-0.05, 0) is 88.9 Å². The molecule has 22 heteroatoms. The molecule has 1 aromatic carbocycles. The number of pyridine rings is 1. The second-order valence-corrected chi connectivity index (χ2v) is 16.3. The highest BCUT2D eigenvalue weighted by Crippen LogP contribution is 2.11. The minimum Gasteiger partial charge on any atom is -0.449 e. The van der Waals surface area contributed by atoms with Crippen molar-refractivity contribution in [1.82, 2.24) is 98.8 Å². The van der Waals surface area contributed by atoms with Crippen molar-refractivity contribution in [3.05, 3.63) is 262 Å². The summed E-state index contributed by atoms with van der Waals surface area (Å²) in [5.74, 6) is 0.856. The summed E-state index contributed by atoms with van der Waals surface area (Å²) >= 11 is 0. The molecule has 11 aromatic rings. The van der Waals surface area contributed by atoms with Gasteiger partial charge >= 0.3 is 0 Å². The molecule has 12 rings (SSSR count). The van der Waals surface area contributed by atoms with E-state index in [9.17, 15) is 0 Å². The van der Waals surface area contributed by atoms with E-state index in [0.29, 0.717) is 0 Å². The number of allylic oxidation sites excluding steroid dienone is 3. The van der Waals surface area contributed by atoms with Gasteiger partial charge in [-0.3, -0.25) is 24.1 Å². The van der Waals surface area contributed by atoms with Gasteiger partial charge < -0.3 is 23.0 Å². The van der Waals surface area contributed by atoms with Gasteiger partial charge in [-0.25, -0.2) is 29.9 Å². The Labute approximate surface area is 458 Å². The fourth-order valence-corrected chi connectivity index (χ4v) is 4.52. The van der Waals surface area contributed by atoms with Crippen LogP contribution < -0.4 is 0 Å². The highest BCUT2D eigenvalue weighted by Gasteiger charge is 1.98. The quantitative estimate of drug-likeness (QED) is 0.149. The normalized spacial score (nSPS) is 9.88. The van der Waals surface area contributed by atoms with Gasteiger partial charge in [-0.2, -0.15) is 15.3 Å². The van der Waals surface area contributed by atoms with Crippen molar-refractivity contribution >= 4 is 0 Å². The van der Waals surface area contributed by atoms with E-state index in [0.717, 1.165) is 22.6 Å². The van der Waals surface area contributed by atoms with E-state index < -0.39 is 0 Å². The Bertz CT molecular complexity index is 2480. The van der Waals surface area contributed by atoms with Crippen LogP contribution in [0.1, 0.15) is 40.5 Å². The number of nitrogens with zero attached hydrogens (tertiary/aromatic N) is 19. The Hall–Kier alpha value is -9.99. The first kappa shape index (κ1) is 66.0. The molecule has 0 radical (unpaired) electrons. The van der Waals surface area contributed by atoms with Crippen molar-refractivity contribution in [3.63, 3.8) is 0 Å². The minimum atomic E-state index is 0.856. The SMILES string of the molecule is C=C1C=CC(C)=CN1C.Cc1ccccc1.Cc1cccnc1.Cc1cn[nH]c1.Cc1cncnc1.Cc1cnco1.Cc1cnoc1.Cn1cccn1.Cn1ccnc1.Cn1ccnc1.Cn1ccnn1.Cn1cncn1. The highest BCUT2D eigenvalue weighted by atomic mass is 16.5. The molecule has 0 unspecified atom stereocenters. The third-order valence-electron chi connectivity index (χ3n) is 8.56. The molecule has 22 nitrogen and oxygen atoms in total. The van der Waals surface area contributed by atoms with Crippen LogP contribution >= 0.6 is 0 Å². The number of oxazole rings is 1. The molecule has 0 aliphatic carbocycles. The van der Waals surface area contributed by atoms with Crippen LogP contribution in [0.5, 0.6) is 0 Å². The molecule has 0 saturated carbocycles. The van der Waals surface area contributed by atoms with Gasteiger partial charge in [0.15, 0.2) is 6.39 Å². The minimum absolute atomic E-state index is 0.856. The summed E-state index contributed by atoms with van der Waals surface area (Å²) in [5.41, 5.74) is 8.18. The van der Waals surface area contributed by atoms with E-state index >= 15 is 0 Å². The molecular weight excluding hydrogens is 985 g/mol. The van der Waals surface area contributed by atoms with E-state index in [1.54, 1.807) is 107 Å². The zero-order valence-electron chi connectivity index (χ0n) is 47.2. The van der Waals surface area contributed by atoms with Crippen LogP contribution in [0.3, 0.4) is 0 Å². The van der Waals surface area contributed by atoms with Gasteiger partial charge in [0, 0.05) is 134 Å². The lowest BCUT2D eigenvalue weighted by molar-refractivity contribution is 0.419. The second-order valence-electron chi connectivity index (χ2n) is 16.3. The standard InChI is InChI=1S/C8H11N.C7H8.C6H7N.C5H6N2.4C4H6N2.2C4H5NO.2C3H5N3/c1-7-4-5-8(2)9(3)6-7;1-7-5-3-2-4-6-7;1-6-3-2-4-7-5-6;1-5-2-6-4-7-3-5;1-4-2-5-6-3-4;2*1-6-3-2-5-4-6;1-6-4-2-3-5-6;1-4-2-5-3-6-4;1-4-2-5-6-3-4;1-6-3-4-2-5-6;1-6-3-2-4-5-6/h4-6H,2H2,1,3H3;2-6H,1H3;2-5H,1H3;2-4H,1H3;2-3H,1H3,(H,5,6);3*2-4H,1H3;4*2-3H,1H3. The maximum absolute atomic E-state index is 4.72. The summed E-state index contributed by atoms with van der Waals surface area (Å²) in [5, 5.41) is 24.5. The number of likely N-dealkylation sites (N-methyl/N-ethyl adjacent to an activating group) is 1. The lowest BCUT2D eigenvalue weighted by atomic mass is 10.2. The molecule has 0 amide bonds. The summed E-state index contributed by atoms with van der Waals surface area (Å²) in [4.78, 5) is 28.3. The molecule has 1 aliphatic rings. The highest BCUT2D eigenvalue weighted by molar-refractivity contribution is 5.30. The van der Waals surface area contributed by atoms with Gasteiger partial charge in [0.25, 0.3) is 0 Å². The summed E-state index contributed by atoms with van der Waals surface area (Å²) < 4.78 is 18.0. The number of hydrogen-bond donors (Lipinski definition) is 1. The first-order chi connectivity index (χ1) is 37.5. The number of benzene rings is 1. The number of rotatable bonds is 0. The molecule has 10 aromatic heterocycles. The van der Waals surface area contributed by atoms with Crippen LogP contribution in [0.4, 0.5) is 0 Å². The predicted octanol–water partition coefficient (Wildman–Crippen LogP) is 9.65. The predicted molar refractivity (Wildman–Crippen MR) is 304 cm³/mol. The van der Waals surface area contributed by atoms with Crippen molar-refractivity contribution in [2.75, 3.05) is 7.05 Å². The first-order valence-corrected chi connectivity index (χ1v) is 23.9. The smallest absolute Gasteiger partial charge is 0.180 e. The van der Waals surface area contributed by atoms with E-state index in [1.807, 2.05) is 164 Å². The Kier molecular flexibility index (Phi) is 36.7. The Morgan fingerprint density at radius 3 is 1.40 bits per heavy atom. The number of aryl methyl sites for hydroxylation is 11. The van der Waals surface area contributed by atoms with Gasteiger partial charge in [-0.1, -0.05) is 65.0 Å². The maximum Gasteiger partial charge on any atom is 0.180 e. The van der Waals surface area contributed by atoms with Crippen molar-refractivity contribution in [1.29, 1.82) is 0 Å². The lowest BCUT2D eigenvalue weighted by Crippen LogP contribution is -2.10. The summed E-state index contributed by atoms with van der Waals surface area (Å²) in [6.45, 7) is 17.7. The number of aromatic nitrogens is 19. The molecule has 0 saturated heterocycles. The van der Waals surface area contributed by atoms with Gasteiger partial charge in [-0.15, -0.1) is 5.10 Å². The van der Waals surface area contributed by atoms with E-state index in [2.05, 4.69) is 120 Å². The third kappa shape index (κ3) is 40.5. The zero-order chi connectivity index (χ0) is 57.4. The maximum atomic E-state index is 4.72. The van der Waals surface area contributed by atoms with Crippen LogP contribution in [0.25, 0.3) is 0 Å². The Balaban J connectivity index is 0.000000426. The molecule has 412 valence electrons. The summed E-state index contributed by atoms with van der Waals surface area (Å²) in [6.07, 6.45) is 45.7. The van der Waals surface area contributed by atoms with Gasteiger partial charge in [0.2, 0.25) is 0 Å². The van der Waals surface area contributed by atoms with Crippen LogP contribution in [0.2, 0.25) is 0 Å². The number of imidazole rings is 2. The molecule has 0 bridgehead atoms. The average molecular weight is 1060 g/mol. The largest absolute Gasteiger partial charge is 0.449 e. The number of aromatic amines is 1.